The zero-order chi connectivity index (χ0) is 18.2. The molecule has 0 fully saturated rings. The highest BCUT2D eigenvalue weighted by atomic mass is 16.5. The SMILES string of the molecule is Cc1ccc(OCC(=O)NCCNC(=O)c2cccc(O)c2)cc1C. The molecule has 0 aliphatic rings. The van der Waals surface area contributed by atoms with E-state index in [4.69, 9.17) is 4.74 Å². The minimum absolute atomic E-state index is 0.0319. The summed E-state index contributed by atoms with van der Waals surface area (Å²) in [5, 5.41) is 14.7. The first-order chi connectivity index (χ1) is 12.0. The fraction of sp³-hybridized carbons (Fsp3) is 0.263. The molecule has 25 heavy (non-hydrogen) atoms. The number of benzene rings is 2. The molecular weight excluding hydrogens is 320 g/mol. The van der Waals surface area contributed by atoms with Gasteiger partial charge in [-0.2, -0.15) is 0 Å². The van der Waals surface area contributed by atoms with Crippen molar-refractivity contribution >= 4 is 11.8 Å². The van der Waals surface area contributed by atoms with Gasteiger partial charge in [0.15, 0.2) is 6.61 Å². The highest BCUT2D eigenvalue weighted by molar-refractivity contribution is 5.94. The Morgan fingerprint density at radius 3 is 2.48 bits per heavy atom. The zero-order valence-electron chi connectivity index (χ0n) is 14.3. The first kappa shape index (κ1) is 18.3. The fourth-order valence-electron chi connectivity index (χ4n) is 2.13. The summed E-state index contributed by atoms with van der Waals surface area (Å²) in [6, 6.07) is 11.7. The number of aromatic hydroxyl groups is 1. The lowest BCUT2D eigenvalue weighted by Gasteiger charge is -2.10. The van der Waals surface area contributed by atoms with Gasteiger partial charge in [0.2, 0.25) is 0 Å². The molecule has 6 heteroatoms. The van der Waals surface area contributed by atoms with E-state index >= 15 is 0 Å². The first-order valence-corrected chi connectivity index (χ1v) is 7.99. The second-order valence-electron chi connectivity index (χ2n) is 5.69. The minimum atomic E-state index is -0.309. The fourth-order valence-corrected chi connectivity index (χ4v) is 2.13. The smallest absolute Gasteiger partial charge is 0.258 e. The van der Waals surface area contributed by atoms with Gasteiger partial charge in [-0.15, -0.1) is 0 Å². The maximum Gasteiger partial charge on any atom is 0.258 e. The van der Waals surface area contributed by atoms with Gasteiger partial charge >= 0.3 is 0 Å². The number of phenolic OH excluding ortho intramolecular Hbond substituents is 1. The topological polar surface area (TPSA) is 87.7 Å². The summed E-state index contributed by atoms with van der Waals surface area (Å²) in [7, 11) is 0. The van der Waals surface area contributed by atoms with Crippen LogP contribution in [-0.2, 0) is 4.79 Å². The molecule has 3 N–H and O–H groups in total. The molecule has 2 aromatic carbocycles. The van der Waals surface area contributed by atoms with Gasteiger partial charge in [0.25, 0.3) is 11.8 Å². The molecular formula is C19H22N2O4. The number of ether oxygens (including phenoxy) is 1. The predicted molar refractivity (Wildman–Crippen MR) is 94.9 cm³/mol. The van der Waals surface area contributed by atoms with Crippen molar-refractivity contribution in [2.24, 2.45) is 0 Å². The van der Waals surface area contributed by atoms with E-state index in [0.717, 1.165) is 5.56 Å². The molecule has 0 saturated heterocycles. The lowest BCUT2D eigenvalue weighted by molar-refractivity contribution is -0.123. The maximum atomic E-state index is 11.9. The largest absolute Gasteiger partial charge is 0.508 e. The van der Waals surface area contributed by atoms with Gasteiger partial charge in [0.1, 0.15) is 11.5 Å². The molecule has 0 aliphatic carbocycles. The molecule has 2 amide bonds. The lowest BCUT2D eigenvalue weighted by atomic mass is 10.1. The van der Waals surface area contributed by atoms with Gasteiger partial charge in [-0.05, 0) is 55.3 Å². The Morgan fingerprint density at radius 2 is 1.76 bits per heavy atom. The Kier molecular flexibility index (Phi) is 6.39. The van der Waals surface area contributed by atoms with Crippen LogP contribution in [0.5, 0.6) is 11.5 Å². The van der Waals surface area contributed by atoms with Crippen molar-refractivity contribution in [2.75, 3.05) is 19.7 Å². The number of nitrogens with one attached hydrogen (secondary N) is 2. The third-order valence-corrected chi connectivity index (χ3v) is 3.69. The van der Waals surface area contributed by atoms with Crippen LogP contribution in [0, 0.1) is 13.8 Å². The van der Waals surface area contributed by atoms with Crippen LogP contribution in [0.2, 0.25) is 0 Å². The molecule has 2 rings (SSSR count). The molecule has 6 nitrogen and oxygen atoms in total. The average Bonchev–Trinajstić information content (AvgIpc) is 2.59. The lowest BCUT2D eigenvalue weighted by Crippen LogP contribution is -2.36. The van der Waals surface area contributed by atoms with Crippen LogP contribution in [0.25, 0.3) is 0 Å². The van der Waals surface area contributed by atoms with Crippen LogP contribution in [0.1, 0.15) is 21.5 Å². The normalized spacial score (nSPS) is 10.2. The average molecular weight is 342 g/mol. The van der Waals surface area contributed by atoms with Crippen LogP contribution >= 0.6 is 0 Å². The Labute approximate surface area is 146 Å². The van der Waals surface area contributed by atoms with E-state index in [2.05, 4.69) is 10.6 Å². The van der Waals surface area contributed by atoms with E-state index in [9.17, 15) is 14.7 Å². The third kappa shape index (κ3) is 5.84. The summed E-state index contributed by atoms with van der Waals surface area (Å²) in [6.45, 7) is 4.49. The molecule has 0 aromatic heterocycles. The number of hydrogen-bond donors (Lipinski definition) is 3. The van der Waals surface area contributed by atoms with Crippen LogP contribution < -0.4 is 15.4 Å². The molecule has 0 bridgehead atoms. The second kappa shape index (κ2) is 8.73. The van der Waals surface area contributed by atoms with Gasteiger partial charge in [0, 0.05) is 18.7 Å². The van der Waals surface area contributed by atoms with E-state index in [0.29, 0.717) is 17.9 Å². The molecule has 0 spiro atoms. The van der Waals surface area contributed by atoms with E-state index < -0.39 is 0 Å². The maximum absolute atomic E-state index is 11.9. The highest BCUT2D eigenvalue weighted by Gasteiger charge is 2.06. The van der Waals surface area contributed by atoms with Crippen molar-refractivity contribution in [2.45, 2.75) is 13.8 Å². The number of rotatable bonds is 7. The van der Waals surface area contributed by atoms with Crippen molar-refractivity contribution < 1.29 is 19.4 Å². The molecule has 0 atom stereocenters. The van der Waals surface area contributed by atoms with E-state index in [1.165, 1.54) is 17.7 Å². The van der Waals surface area contributed by atoms with Gasteiger partial charge < -0.3 is 20.5 Å². The summed E-state index contributed by atoms with van der Waals surface area (Å²) >= 11 is 0. The predicted octanol–water partition coefficient (Wildman–Crippen LogP) is 1.93. The molecule has 0 saturated carbocycles. The summed E-state index contributed by atoms with van der Waals surface area (Å²) < 4.78 is 5.44. The van der Waals surface area contributed by atoms with Gasteiger partial charge in [-0.3, -0.25) is 9.59 Å². The number of hydrogen-bond acceptors (Lipinski definition) is 4. The van der Waals surface area contributed by atoms with E-state index in [-0.39, 0.29) is 30.7 Å². The quantitative estimate of drug-likeness (QED) is 0.671. The molecule has 0 radical (unpaired) electrons. The number of phenols is 1. The van der Waals surface area contributed by atoms with Crippen LogP contribution in [-0.4, -0.2) is 36.6 Å². The summed E-state index contributed by atoms with van der Waals surface area (Å²) in [5.41, 5.74) is 2.64. The molecule has 2 aromatic rings. The number of aryl methyl sites for hydroxylation is 2. The summed E-state index contributed by atoms with van der Waals surface area (Å²) in [4.78, 5) is 23.6. The highest BCUT2D eigenvalue weighted by Crippen LogP contribution is 2.16. The first-order valence-electron chi connectivity index (χ1n) is 7.99. The molecule has 0 aliphatic heterocycles. The second-order valence-corrected chi connectivity index (χ2v) is 5.69. The number of carbonyl (C=O) groups is 2. The zero-order valence-corrected chi connectivity index (χ0v) is 14.3. The van der Waals surface area contributed by atoms with Crippen LogP contribution in [0.4, 0.5) is 0 Å². The van der Waals surface area contributed by atoms with Crippen LogP contribution in [0.15, 0.2) is 42.5 Å². The summed E-state index contributed by atoms with van der Waals surface area (Å²) in [6.07, 6.45) is 0. The minimum Gasteiger partial charge on any atom is -0.508 e. The standard InChI is InChI=1S/C19H22N2O4/c1-13-6-7-17(10-14(13)2)25-12-18(23)20-8-9-21-19(24)15-4-3-5-16(22)11-15/h3-7,10-11,22H,8-9,12H2,1-2H3,(H,20,23)(H,21,24). The Bertz CT molecular complexity index is 759. The van der Waals surface area contributed by atoms with Crippen LogP contribution in [0.3, 0.4) is 0 Å². The van der Waals surface area contributed by atoms with Gasteiger partial charge in [-0.1, -0.05) is 12.1 Å². The third-order valence-electron chi connectivity index (χ3n) is 3.69. The number of carbonyl (C=O) groups excluding carboxylic acids is 2. The molecule has 0 unspecified atom stereocenters. The van der Waals surface area contributed by atoms with Crippen molar-refractivity contribution in [1.82, 2.24) is 10.6 Å². The Balaban J connectivity index is 1.66. The summed E-state index contributed by atoms with van der Waals surface area (Å²) in [5.74, 6) is 0.112. The molecule has 0 heterocycles. The Hall–Kier alpha value is -3.02. The van der Waals surface area contributed by atoms with E-state index in [1.54, 1.807) is 12.1 Å². The van der Waals surface area contributed by atoms with Crippen molar-refractivity contribution in [3.8, 4) is 11.5 Å². The Morgan fingerprint density at radius 1 is 1.00 bits per heavy atom. The van der Waals surface area contributed by atoms with Crippen molar-refractivity contribution in [3.05, 3.63) is 59.2 Å². The van der Waals surface area contributed by atoms with Crippen molar-refractivity contribution in [1.29, 1.82) is 0 Å². The monoisotopic (exact) mass is 342 g/mol. The van der Waals surface area contributed by atoms with Crippen molar-refractivity contribution in [3.63, 3.8) is 0 Å². The molecule has 132 valence electrons. The van der Waals surface area contributed by atoms with Gasteiger partial charge in [-0.25, -0.2) is 0 Å². The van der Waals surface area contributed by atoms with Gasteiger partial charge in [0.05, 0.1) is 0 Å². The van der Waals surface area contributed by atoms with E-state index in [1.807, 2.05) is 32.0 Å². The number of amides is 2.